The van der Waals surface area contributed by atoms with Crippen LogP contribution in [0.2, 0.25) is 0 Å². The van der Waals surface area contributed by atoms with Crippen molar-refractivity contribution in [1.29, 1.82) is 0 Å². The van der Waals surface area contributed by atoms with Crippen molar-refractivity contribution in [2.75, 3.05) is 20.8 Å². The van der Waals surface area contributed by atoms with Crippen molar-refractivity contribution in [3.8, 4) is 0 Å². The van der Waals surface area contributed by atoms with Crippen LogP contribution in [0.4, 0.5) is 0 Å². The zero-order valence-electron chi connectivity index (χ0n) is 9.08. The van der Waals surface area contributed by atoms with E-state index >= 15 is 0 Å². The quantitative estimate of drug-likeness (QED) is 0.675. The molecule has 1 aliphatic heterocycles. The first-order chi connectivity index (χ1) is 6.70. The number of rotatable bonds is 4. The smallest absolute Gasteiger partial charge is 0.311 e. The summed E-state index contributed by atoms with van der Waals surface area (Å²) in [6.45, 7) is 2.86. The molecule has 0 aromatic carbocycles. The van der Waals surface area contributed by atoms with Crippen LogP contribution in [0, 0.1) is 5.92 Å². The van der Waals surface area contributed by atoms with Gasteiger partial charge >= 0.3 is 5.97 Å². The SMILES string of the molecule is COC(=O)C(C)C(OC)C1CCCN1. The Morgan fingerprint density at radius 3 is 2.64 bits per heavy atom. The Labute approximate surface area is 85.0 Å². The molecule has 0 aromatic rings. The van der Waals surface area contributed by atoms with E-state index in [2.05, 4.69) is 5.32 Å². The first kappa shape index (κ1) is 11.5. The molecule has 0 radical (unpaired) electrons. The molecule has 1 heterocycles. The Hall–Kier alpha value is -0.610. The normalized spacial score (nSPS) is 25.8. The maximum absolute atomic E-state index is 11.3. The average Bonchev–Trinajstić information content (AvgIpc) is 2.71. The molecule has 0 aliphatic carbocycles. The summed E-state index contributed by atoms with van der Waals surface area (Å²) in [5, 5.41) is 3.33. The summed E-state index contributed by atoms with van der Waals surface area (Å²) in [7, 11) is 3.05. The molecule has 4 heteroatoms. The number of methoxy groups -OCH3 is 2. The van der Waals surface area contributed by atoms with Gasteiger partial charge in [-0.25, -0.2) is 0 Å². The maximum atomic E-state index is 11.3. The van der Waals surface area contributed by atoms with Gasteiger partial charge < -0.3 is 14.8 Å². The highest BCUT2D eigenvalue weighted by molar-refractivity contribution is 5.72. The van der Waals surface area contributed by atoms with Crippen molar-refractivity contribution in [3.63, 3.8) is 0 Å². The zero-order chi connectivity index (χ0) is 10.6. The fourth-order valence-electron chi connectivity index (χ4n) is 2.03. The molecule has 1 aliphatic rings. The number of nitrogens with one attached hydrogen (secondary N) is 1. The van der Waals surface area contributed by atoms with E-state index in [1.54, 1.807) is 7.11 Å². The lowest BCUT2D eigenvalue weighted by atomic mass is 9.96. The molecular formula is C10H19NO3. The van der Waals surface area contributed by atoms with Crippen LogP contribution in [0.3, 0.4) is 0 Å². The van der Waals surface area contributed by atoms with E-state index in [9.17, 15) is 4.79 Å². The van der Waals surface area contributed by atoms with Crippen molar-refractivity contribution < 1.29 is 14.3 Å². The van der Waals surface area contributed by atoms with Crippen molar-refractivity contribution in [2.45, 2.75) is 31.9 Å². The monoisotopic (exact) mass is 201 g/mol. The Bertz CT molecular complexity index is 190. The van der Waals surface area contributed by atoms with E-state index in [1.807, 2.05) is 6.92 Å². The Morgan fingerprint density at radius 2 is 2.21 bits per heavy atom. The van der Waals surface area contributed by atoms with Crippen LogP contribution in [-0.2, 0) is 14.3 Å². The molecule has 1 rings (SSSR count). The fourth-order valence-corrected chi connectivity index (χ4v) is 2.03. The minimum Gasteiger partial charge on any atom is -0.469 e. The molecule has 3 unspecified atom stereocenters. The maximum Gasteiger partial charge on any atom is 0.311 e. The second-order valence-corrected chi connectivity index (χ2v) is 3.71. The second kappa shape index (κ2) is 5.32. The highest BCUT2D eigenvalue weighted by Crippen LogP contribution is 2.19. The summed E-state index contributed by atoms with van der Waals surface area (Å²) < 4.78 is 10.1. The minimum atomic E-state index is -0.208. The van der Waals surface area contributed by atoms with Crippen LogP contribution < -0.4 is 5.32 Å². The van der Waals surface area contributed by atoms with Gasteiger partial charge in [0.15, 0.2) is 0 Å². The summed E-state index contributed by atoms with van der Waals surface area (Å²) >= 11 is 0. The number of carbonyl (C=O) groups excluding carboxylic acids is 1. The lowest BCUT2D eigenvalue weighted by Crippen LogP contribution is -2.43. The van der Waals surface area contributed by atoms with E-state index < -0.39 is 0 Å². The molecule has 0 bridgehead atoms. The van der Waals surface area contributed by atoms with Crippen LogP contribution >= 0.6 is 0 Å². The molecule has 0 saturated carbocycles. The third kappa shape index (κ3) is 2.45. The van der Waals surface area contributed by atoms with E-state index in [0.29, 0.717) is 0 Å². The third-order valence-electron chi connectivity index (χ3n) is 2.83. The van der Waals surface area contributed by atoms with Gasteiger partial charge in [0.05, 0.1) is 19.1 Å². The number of esters is 1. The Kier molecular flexibility index (Phi) is 4.35. The van der Waals surface area contributed by atoms with Gasteiger partial charge in [-0.1, -0.05) is 0 Å². The number of carbonyl (C=O) groups is 1. The standard InChI is InChI=1S/C10H19NO3/c1-7(10(12)14-3)9(13-2)8-5-4-6-11-8/h7-9,11H,4-6H2,1-3H3. The molecular weight excluding hydrogens is 182 g/mol. The molecule has 0 amide bonds. The Balaban J connectivity index is 2.55. The zero-order valence-corrected chi connectivity index (χ0v) is 9.08. The van der Waals surface area contributed by atoms with Crippen LogP contribution in [-0.4, -0.2) is 38.9 Å². The molecule has 0 aromatic heterocycles. The van der Waals surface area contributed by atoms with Gasteiger partial charge in [-0.15, -0.1) is 0 Å². The van der Waals surface area contributed by atoms with Gasteiger partial charge in [-0.3, -0.25) is 4.79 Å². The van der Waals surface area contributed by atoms with Crippen molar-refractivity contribution >= 4 is 5.97 Å². The van der Waals surface area contributed by atoms with Crippen molar-refractivity contribution in [1.82, 2.24) is 5.32 Å². The lowest BCUT2D eigenvalue weighted by Gasteiger charge is -2.26. The highest BCUT2D eigenvalue weighted by Gasteiger charge is 2.33. The molecule has 82 valence electrons. The number of hydrogen-bond donors (Lipinski definition) is 1. The fraction of sp³-hybridized carbons (Fsp3) is 0.900. The summed E-state index contributed by atoms with van der Waals surface area (Å²) in [6.07, 6.45) is 2.14. The summed E-state index contributed by atoms with van der Waals surface area (Å²) in [4.78, 5) is 11.3. The van der Waals surface area contributed by atoms with Crippen LogP contribution in [0.15, 0.2) is 0 Å². The van der Waals surface area contributed by atoms with Gasteiger partial charge in [0, 0.05) is 13.2 Å². The van der Waals surface area contributed by atoms with E-state index in [4.69, 9.17) is 9.47 Å². The first-order valence-electron chi connectivity index (χ1n) is 5.04. The van der Waals surface area contributed by atoms with Crippen molar-refractivity contribution in [3.05, 3.63) is 0 Å². The van der Waals surface area contributed by atoms with E-state index in [-0.39, 0.29) is 24.0 Å². The van der Waals surface area contributed by atoms with E-state index in [1.165, 1.54) is 7.11 Å². The van der Waals surface area contributed by atoms with Crippen LogP contribution in [0.25, 0.3) is 0 Å². The molecule has 1 saturated heterocycles. The highest BCUT2D eigenvalue weighted by atomic mass is 16.5. The Morgan fingerprint density at radius 1 is 1.50 bits per heavy atom. The summed E-state index contributed by atoms with van der Waals surface area (Å²) in [5.74, 6) is -0.411. The summed E-state index contributed by atoms with van der Waals surface area (Å²) in [6, 6.07) is 0.286. The summed E-state index contributed by atoms with van der Waals surface area (Å²) in [5.41, 5.74) is 0. The average molecular weight is 201 g/mol. The number of hydrogen-bond acceptors (Lipinski definition) is 4. The largest absolute Gasteiger partial charge is 0.469 e. The molecule has 1 fully saturated rings. The molecule has 1 N–H and O–H groups in total. The van der Waals surface area contributed by atoms with Gasteiger partial charge in [-0.2, -0.15) is 0 Å². The van der Waals surface area contributed by atoms with Crippen LogP contribution in [0.5, 0.6) is 0 Å². The predicted octanol–water partition coefficient (Wildman–Crippen LogP) is 0.562. The molecule has 14 heavy (non-hydrogen) atoms. The topological polar surface area (TPSA) is 47.6 Å². The molecule has 0 spiro atoms. The lowest BCUT2D eigenvalue weighted by molar-refractivity contribution is -0.150. The predicted molar refractivity (Wildman–Crippen MR) is 53.0 cm³/mol. The van der Waals surface area contributed by atoms with Gasteiger partial charge in [0.1, 0.15) is 0 Å². The van der Waals surface area contributed by atoms with Gasteiger partial charge in [0.2, 0.25) is 0 Å². The second-order valence-electron chi connectivity index (χ2n) is 3.71. The first-order valence-corrected chi connectivity index (χ1v) is 5.04. The van der Waals surface area contributed by atoms with Gasteiger partial charge in [0.25, 0.3) is 0 Å². The van der Waals surface area contributed by atoms with Crippen molar-refractivity contribution in [2.24, 2.45) is 5.92 Å². The van der Waals surface area contributed by atoms with Crippen LogP contribution in [0.1, 0.15) is 19.8 Å². The molecule has 3 atom stereocenters. The van der Waals surface area contributed by atoms with E-state index in [0.717, 1.165) is 19.4 Å². The molecule has 4 nitrogen and oxygen atoms in total. The number of ether oxygens (including phenoxy) is 2. The minimum absolute atomic E-state index is 0.0788. The van der Waals surface area contributed by atoms with Gasteiger partial charge in [-0.05, 0) is 26.3 Å². The third-order valence-corrected chi connectivity index (χ3v) is 2.83.